The van der Waals surface area contributed by atoms with E-state index in [-0.39, 0.29) is 18.4 Å². The highest BCUT2D eigenvalue weighted by molar-refractivity contribution is 5.96. The van der Waals surface area contributed by atoms with Crippen LogP contribution in [0.1, 0.15) is 17.0 Å². The lowest BCUT2D eigenvalue weighted by atomic mass is 10.0. The van der Waals surface area contributed by atoms with Crippen LogP contribution in [0.5, 0.6) is 5.75 Å². The molecule has 0 radical (unpaired) electrons. The molecule has 0 saturated heterocycles. The topological polar surface area (TPSA) is 58.6 Å². The molecule has 0 saturated carbocycles. The van der Waals surface area contributed by atoms with Crippen LogP contribution >= 0.6 is 0 Å². The Hall–Kier alpha value is -2.33. The molecule has 0 spiro atoms. The highest BCUT2D eigenvalue weighted by Gasteiger charge is 2.29. The van der Waals surface area contributed by atoms with Crippen LogP contribution in [0.3, 0.4) is 0 Å². The second-order valence-corrected chi connectivity index (χ2v) is 4.75. The molecule has 1 aliphatic rings. The van der Waals surface area contributed by atoms with Crippen LogP contribution in [0.4, 0.5) is 5.69 Å². The Balaban J connectivity index is 1.74. The van der Waals surface area contributed by atoms with Crippen molar-refractivity contribution in [1.29, 1.82) is 0 Å². The van der Waals surface area contributed by atoms with Gasteiger partial charge < -0.3 is 15.2 Å². The first kappa shape index (κ1) is 12.7. The van der Waals surface area contributed by atoms with Gasteiger partial charge in [-0.3, -0.25) is 4.79 Å². The van der Waals surface area contributed by atoms with Crippen molar-refractivity contribution >= 4 is 11.6 Å². The normalized spacial score (nSPS) is 16.4. The van der Waals surface area contributed by atoms with E-state index in [2.05, 4.69) is 5.32 Å². The summed E-state index contributed by atoms with van der Waals surface area (Å²) in [5.41, 5.74) is 2.46. The standard InChI is InChI=1S/C16H15NO3/c18-9-11-5-7-12(8-6-11)17-16(19)14-10-20-15-4-2-1-3-13(14)15/h1-8,14,18H,9-10H2,(H,17,19). The van der Waals surface area contributed by atoms with Crippen molar-refractivity contribution in [3.63, 3.8) is 0 Å². The largest absolute Gasteiger partial charge is 0.492 e. The lowest BCUT2D eigenvalue weighted by Crippen LogP contribution is -2.22. The quantitative estimate of drug-likeness (QED) is 0.898. The van der Waals surface area contributed by atoms with Crippen molar-refractivity contribution in [2.75, 3.05) is 11.9 Å². The van der Waals surface area contributed by atoms with Crippen molar-refractivity contribution < 1.29 is 14.6 Å². The number of benzene rings is 2. The number of rotatable bonds is 3. The van der Waals surface area contributed by atoms with Crippen LogP contribution in [0.2, 0.25) is 0 Å². The van der Waals surface area contributed by atoms with Crippen LogP contribution in [0.25, 0.3) is 0 Å². The molecule has 1 atom stereocenters. The average molecular weight is 269 g/mol. The second-order valence-electron chi connectivity index (χ2n) is 4.75. The predicted octanol–water partition coefficient (Wildman–Crippen LogP) is 2.29. The summed E-state index contributed by atoms with van der Waals surface area (Å²) in [6, 6.07) is 14.7. The maximum absolute atomic E-state index is 12.3. The number of hydrogen-bond donors (Lipinski definition) is 2. The zero-order chi connectivity index (χ0) is 13.9. The molecular weight excluding hydrogens is 254 g/mol. The van der Waals surface area contributed by atoms with E-state index in [0.717, 1.165) is 22.6 Å². The van der Waals surface area contributed by atoms with E-state index in [1.807, 2.05) is 24.3 Å². The summed E-state index contributed by atoms with van der Waals surface area (Å²) in [5.74, 6) is 0.429. The van der Waals surface area contributed by atoms with E-state index in [4.69, 9.17) is 9.84 Å². The Labute approximate surface area is 117 Å². The minimum Gasteiger partial charge on any atom is -0.492 e. The first-order valence-corrected chi connectivity index (χ1v) is 6.50. The molecule has 2 aromatic carbocycles. The van der Waals surface area contributed by atoms with Crippen LogP contribution in [-0.4, -0.2) is 17.6 Å². The van der Waals surface area contributed by atoms with Crippen molar-refractivity contribution in [2.45, 2.75) is 12.5 Å². The highest BCUT2D eigenvalue weighted by atomic mass is 16.5. The number of carbonyl (C=O) groups excluding carboxylic acids is 1. The zero-order valence-electron chi connectivity index (χ0n) is 10.9. The molecule has 20 heavy (non-hydrogen) atoms. The van der Waals surface area contributed by atoms with Crippen molar-refractivity contribution in [1.82, 2.24) is 0 Å². The first-order chi connectivity index (χ1) is 9.78. The average Bonchev–Trinajstić information content (AvgIpc) is 2.92. The molecule has 0 aliphatic carbocycles. The third-order valence-corrected chi connectivity index (χ3v) is 3.42. The summed E-state index contributed by atoms with van der Waals surface area (Å²) < 4.78 is 5.51. The molecule has 0 bridgehead atoms. The molecular formula is C16H15NO3. The summed E-state index contributed by atoms with van der Waals surface area (Å²) in [5, 5.41) is 11.9. The Morgan fingerprint density at radius 2 is 1.95 bits per heavy atom. The van der Waals surface area contributed by atoms with Crippen molar-refractivity contribution in [3.05, 3.63) is 59.7 Å². The molecule has 2 N–H and O–H groups in total. The maximum atomic E-state index is 12.3. The summed E-state index contributed by atoms with van der Waals surface area (Å²) in [4.78, 5) is 12.3. The first-order valence-electron chi connectivity index (χ1n) is 6.50. The number of nitrogens with one attached hydrogen (secondary N) is 1. The number of carbonyl (C=O) groups is 1. The van der Waals surface area contributed by atoms with Gasteiger partial charge >= 0.3 is 0 Å². The fourth-order valence-electron chi connectivity index (χ4n) is 2.30. The minimum atomic E-state index is -0.274. The van der Waals surface area contributed by atoms with E-state index in [1.165, 1.54) is 0 Å². The number of amides is 1. The summed E-state index contributed by atoms with van der Waals surface area (Å²) in [6.07, 6.45) is 0. The number of hydrogen-bond acceptors (Lipinski definition) is 3. The zero-order valence-corrected chi connectivity index (χ0v) is 10.9. The van der Waals surface area contributed by atoms with Crippen LogP contribution in [0.15, 0.2) is 48.5 Å². The molecule has 1 aliphatic heterocycles. The van der Waals surface area contributed by atoms with Crippen LogP contribution in [-0.2, 0) is 11.4 Å². The molecule has 2 aromatic rings. The van der Waals surface area contributed by atoms with E-state index in [1.54, 1.807) is 24.3 Å². The lowest BCUT2D eigenvalue weighted by Gasteiger charge is -2.10. The molecule has 1 unspecified atom stereocenters. The van der Waals surface area contributed by atoms with E-state index < -0.39 is 0 Å². The van der Waals surface area contributed by atoms with E-state index in [0.29, 0.717) is 6.61 Å². The van der Waals surface area contributed by atoms with Gasteiger partial charge in [-0.05, 0) is 23.8 Å². The number of aliphatic hydroxyl groups excluding tert-OH is 1. The number of para-hydroxylation sites is 1. The van der Waals surface area contributed by atoms with Gasteiger partial charge in [0.25, 0.3) is 0 Å². The summed E-state index contributed by atoms with van der Waals surface area (Å²) in [6.45, 7) is 0.373. The van der Waals surface area contributed by atoms with E-state index in [9.17, 15) is 4.79 Å². The molecule has 4 heteroatoms. The highest BCUT2D eigenvalue weighted by Crippen LogP contribution is 2.34. The molecule has 102 valence electrons. The molecule has 1 heterocycles. The fourth-order valence-corrected chi connectivity index (χ4v) is 2.30. The lowest BCUT2D eigenvalue weighted by molar-refractivity contribution is -0.117. The maximum Gasteiger partial charge on any atom is 0.235 e. The van der Waals surface area contributed by atoms with E-state index >= 15 is 0 Å². The van der Waals surface area contributed by atoms with Gasteiger partial charge in [-0.2, -0.15) is 0 Å². The minimum absolute atomic E-state index is 0.00192. The van der Waals surface area contributed by atoms with Gasteiger partial charge in [0.2, 0.25) is 5.91 Å². The number of aliphatic hydroxyl groups is 1. The molecule has 0 aromatic heterocycles. The summed E-state index contributed by atoms with van der Waals surface area (Å²) in [7, 11) is 0. The Morgan fingerprint density at radius 1 is 1.20 bits per heavy atom. The Bertz CT molecular complexity index is 622. The molecule has 1 amide bonds. The Morgan fingerprint density at radius 3 is 2.70 bits per heavy atom. The third-order valence-electron chi connectivity index (χ3n) is 3.42. The Kier molecular flexibility index (Phi) is 3.39. The van der Waals surface area contributed by atoms with Gasteiger partial charge in [0.05, 0.1) is 6.61 Å². The summed E-state index contributed by atoms with van der Waals surface area (Å²) >= 11 is 0. The molecule has 3 rings (SSSR count). The fraction of sp³-hybridized carbons (Fsp3) is 0.188. The second kappa shape index (κ2) is 5.35. The van der Waals surface area contributed by atoms with Gasteiger partial charge in [0.1, 0.15) is 18.3 Å². The predicted molar refractivity (Wildman–Crippen MR) is 75.7 cm³/mol. The number of fused-ring (bicyclic) bond motifs is 1. The van der Waals surface area contributed by atoms with Crippen LogP contribution in [0, 0.1) is 0 Å². The number of anilines is 1. The van der Waals surface area contributed by atoms with Gasteiger partial charge in [0, 0.05) is 11.3 Å². The smallest absolute Gasteiger partial charge is 0.235 e. The SMILES string of the molecule is O=C(Nc1ccc(CO)cc1)C1COc2ccccc21. The van der Waals surface area contributed by atoms with Gasteiger partial charge in [0.15, 0.2) is 0 Å². The van der Waals surface area contributed by atoms with Gasteiger partial charge in [-0.15, -0.1) is 0 Å². The van der Waals surface area contributed by atoms with Gasteiger partial charge in [-0.1, -0.05) is 30.3 Å². The van der Waals surface area contributed by atoms with Crippen LogP contribution < -0.4 is 10.1 Å². The molecule has 0 fully saturated rings. The monoisotopic (exact) mass is 269 g/mol. The van der Waals surface area contributed by atoms with Crippen molar-refractivity contribution in [3.8, 4) is 5.75 Å². The number of ether oxygens (including phenoxy) is 1. The van der Waals surface area contributed by atoms with Gasteiger partial charge in [-0.25, -0.2) is 0 Å². The molecule has 4 nitrogen and oxygen atoms in total. The third kappa shape index (κ3) is 2.38. The van der Waals surface area contributed by atoms with Crippen molar-refractivity contribution in [2.24, 2.45) is 0 Å².